The van der Waals surface area contributed by atoms with Crippen molar-refractivity contribution in [1.82, 2.24) is 15.6 Å². The van der Waals surface area contributed by atoms with E-state index in [2.05, 4.69) is 15.6 Å². The number of carbonyl (C=O) groups is 2. The van der Waals surface area contributed by atoms with Gasteiger partial charge in [-0.25, -0.2) is 0 Å². The fourth-order valence-corrected chi connectivity index (χ4v) is 2.73. The first kappa shape index (κ1) is 14.2. The highest BCUT2D eigenvalue weighted by Gasteiger charge is 2.27. The number of fused-ring (bicyclic) bond motifs is 1. The molecule has 0 radical (unpaired) electrons. The van der Waals surface area contributed by atoms with Crippen molar-refractivity contribution in [2.75, 3.05) is 6.54 Å². The first-order valence-corrected chi connectivity index (χ1v) is 8.18. The van der Waals surface area contributed by atoms with Crippen LogP contribution in [-0.4, -0.2) is 29.4 Å². The highest BCUT2D eigenvalue weighted by atomic mass is 16.2. The molecule has 2 fully saturated rings. The van der Waals surface area contributed by atoms with Crippen LogP contribution in [0, 0.1) is 0 Å². The molecule has 1 aromatic heterocycles. The Hall–Kier alpha value is -2.43. The number of hydrogen-bond donors (Lipinski definition) is 2. The topological polar surface area (TPSA) is 71.1 Å². The van der Waals surface area contributed by atoms with Crippen LogP contribution in [0.4, 0.5) is 0 Å². The fourth-order valence-electron chi connectivity index (χ4n) is 2.73. The summed E-state index contributed by atoms with van der Waals surface area (Å²) < 4.78 is 0. The lowest BCUT2D eigenvalue weighted by molar-refractivity contribution is -0.120. The molecular weight excluding hydrogens is 290 g/mol. The first-order chi connectivity index (χ1) is 11.2. The molecule has 2 N–H and O–H groups in total. The molecule has 0 spiro atoms. The van der Waals surface area contributed by atoms with Crippen molar-refractivity contribution in [2.45, 2.75) is 37.6 Å². The molecule has 1 aromatic carbocycles. The number of nitrogens with one attached hydrogen (secondary N) is 2. The normalized spacial score (nSPS) is 17.0. The summed E-state index contributed by atoms with van der Waals surface area (Å²) >= 11 is 0. The van der Waals surface area contributed by atoms with E-state index >= 15 is 0 Å². The molecule has 0 bridgehead atoms. The smallest absolute Gasteiger partial charge is 0.252 e. The van der Waals surface area contributed by atoms with Gasteiger partial charge in [-0.15, -0.1) is 0 Å². The molecule has 2 saturated carbocycles. The average Bonchev–Trinajstić information content (AvgIpc) is 3.45. The van der Waals surface area contributed by atoms with E-state index < -0.39 is 0 Å². The minimum Gasteiger partial charge on any atom is -0.352 e. The molecule has 118 valence electrons. The third kappa shape index (κ3) is 3.18. The minimum atomic E-state index is -0.212. The summed E-state index contributed by atoms with van der Waals surface area (Å²) in [6.45, 7) is 0.0186. The van der Waals surface area contributed by atoms with Gasteiger partial charge in [0, 0.05) is 23.0 Å². The number of hydrogen-bond acceptors (Lipinski definition) is 3. The van der Waals surface area contributed by atoms with E-state index in [1.807, 2.05) is 30.3 Å². The zero-order chi connectivity index (χ0) is 15.8. The fraction of sp³-hybridized carbons (Fsp3) is 0.389. The first-order valence-electron chi connectivity index (χ1n) is 8.18. The summed E-state index contributed by atoms with van der Waals surface area (Å²) in [5.41, 5.74) is 2.43. The number of carbonyl (C=O) groups excluding carboxylic acids is 2. The van der Waals surface area contributed by atoms with Crippen LogP contribution in [0.1, 0.15) is 47.7 Å². The summed E-state index contributed by atoms with van der Waals surface area (Å²) in [7, 11) is 0. The Morgan fingerprint density at radius 2 is 1.91 bits per heavy atom. The number of para-hydroxylation sites is 1. The summed E-state index contributed by atoms with van der Waals surface area (Å²) in [5, 5.41) is 6.43. The molecule has 0 saturated heterocycles. The number of rotatable bonds is 5. The van der Waals surface area contributed by atoms with Gasteiger partial charge in [-0.05, 0) is 37.8 Å². The van der Waals surface area contributed by atoms with Crippen molar-refractivity contribution in [2.24, 2.45) is 0 Å². The Labute approximate surface area is 134 Å². The predicted octanol–water partition coefficient (Wildman–Crippen LogP) is 2.12. The highest BCUT2D eigenvalue weighted by molar-refractivity contribution is 6.07. The summed E-state index contributed by atoms with van der Waals surface area (Å²) in [6.07, 6.45) is 4.35. The van der Waals surface area contributed by atoms with Gasteiger partial charge in [0.25, 0.3) is 5.91 Å². The quantitative estimate of drug-likeness (QED) is 0.888. The lowest BCUT2D eigenvalue weighted by atomic mass is 10.1. The second-order valence-electron chi connectivity index (χ2n) is 6.41. The Balaban J connectivity index is 1.56. The van der Waals surface area contributed by atoms with Gasteiger partial charge in [0.15, 0.2) is 0 Å². The Morgan fingerprint density at radius 1 is 1.13 bits per heavy atom. The van der Waals surface area contributed by atoms with E-state index in [1.165, 1.54) is 0 Å². The molecule has 2 aliphatic rings. The SMILES string of the molecule is O=C(CNC(=O)c1cc(C2CC2)nc2ccccc12)NC1CC1. The molecule has 5 nitrogen and oxygen atoms in total. The maximum atomic E-state index is 12.5. The van der Waals surface area contributed by atoms with E-state index in [0.29, 0.717) is 17.5 Å². The molecule has 2 amide bonds. The van der Waals surface area contributed by atoms with Gasteiger partial charge in [0.2, 0.25) is 5.91 Å². The highest BCUT2D eigenvalue weighted by Crippen LogP contribution is 2.40. The van der Waals surface area contributed by atoms with Crippen molar-refractivity contribution in [1.29, 1.82) is 0 Å². The molecule has 1 heterocycles. The van der Waals surface area contributed by atoms with Gasteiger partial charge in [-0.2, -0.15) is 0 Å². The molecule has 2 aliphatic carbocycles. The molecule has 0 unspecified atom stereocenters. The summed E-state index contributed by atoms with van der Waals surface area (Å²) in [4.78, 5) is 28.9. The van der Waals surface area contributed by atoms with Crippen molar-refractivity contribution in [3.05, 3.63) is 41.6 Å². The molecule has 0 aliphatic heterocycles. The monoisotopic (exact) mass is 309 g/mol. The van der Waals surface area contributed by atoms with Crippen LogP contribution in [0.5, 0.6) is 0 Å². The van der Waals surface area contributed by atoms with Crippen LogP contribution in [0.25, 0.3) is 10.9 Å². The predicted molar refractivity (Wildman–Crippen MR) is 87.2 cm³/mol. The van der Waals surface area contributed by atoms with Gasteiger partial charge in [0.05, 0.1) is 17.6 Å². The lowest BCUT2D eigenvalue weighted by Gasteiger charge is -2.10. The molecular formula is C18H19N3O2. The van der Waals surface area contributed by atoms with E-state index in [-0.39, 0.29) is 18.4 Å². The molecule has 23 heavy (non-hydrogen) atoms. The molecule has 4 rings (SSSR count). The average molecular weight is 309 g/mol. The largest absolute Gasteiger partial charge is 0.352 e. The van der Waals surface area contributed by atoms with Crippen molar-refractivity contribution < 1.29 is 9.59 Å². The third-order valence-electron chi connectivity index (χ3n) is 4.33. The lowest BCUT2D eigenvalue weighted by Crippen LogP contribution is -2.37. The van der Waals surface area contributed by atoms with Crippen LogP contribution < -0.4 is 10.6 Å². The van der Waals surface area contributed by atoms with Gasteiger partial charge >= 0.3 is 0 Å². The number of amides is 2. The number of nitrogens with zero attached hydrogens (tertiary/aromatic N) is 1. The maximum Gasteiger partial charge on any atom is 0.252 e. The number of aromatic nitrogens is 1. The molecule has 2 aromatic rings. The van der Waals surface area contributed by atoms with Gasteiger partial charge in [0.1, 0.15) is 0 Å². The standard InChI is InChI=1S/C18H19N3O2/c22-17(20-12-7-8-12)10-19-18(23)14-9-16(11-5-6-11)21-15-4-2-1-3-13(14)15/h1-4,9,11-12H,5-8,10H2,(H,19,23)(H,20,22). The Morgan fingerprint density at radius 3 is 2.65 bits per heavy atom. The van der Waals surface area contributed by atoms with Crippen LogP contribution in [-0.2, 0) is 4.79 Å². The second-order valence-corrected chi connectivity index (χ2v) is 6.41. The van der Waals surface area contributed by atoms with Crippen LogP contribution in [0.3, 0.4) is 0 Å². The van der Waals surface area contributed by atoms with Gasteiger partial charge in [-0.1, -0.05) is 18.2 Å². The summed E-state index contributed by atoms with van der Waals surface area (Å²) in [6, 6.07) is 9.85. The van der Waals surface area contributed by atoms with E-state index in [9.17, 15) is 9.59 Å². The van der Waals surface area contributed by atoms with Crippen LogP contribution in [0.2, 0.25) is 0 Å². The molecule has 5 heteroatoms. The van der Waals surface area contributed by atoms with Crippen LogP contribution >= 0.6 is 0 Å². The van der Waals surface area contributed by atoms with Crippen LogP contribution in [0.15, 0.2) is 30.3 Å². The van der Waals surface area contributed by atoms with Crippen molar-refractivity contribution >= 4 is 22.7 Å². The second kappa shape index (κ2) is 5.65. The zero-order valence-corrected chi connectivity index (χ0v) is 12.8. The van der Waals surface area contributed by atoms with Crippen molar-refractivity contribution in [3.63, 3.8) is 0 Å². The van der Waals surface area contributed by atoms with Gasteiger partial charge < -0.3 is 10.6 Å². The summed E-state index contributed by atoms with van der Waals surface area (Å²) in [5.74, 6) is 0.141. The number of pyridine rings is 1. The Kier molecular flexibility index (Phi) is 3.48. The third-order valence-corrected chi connectivity index (χ3v) is 4.33. The Bertz CT molecular complexity index is 779. The minimum absolute atomic E-state index is 0.0186. The molecule has 0 atom stereocenters. The van der Waals surface area contributed by atoms with E-state index in [4.69, 9.17) is 0 Å². The van der Waals surface area contributed by atoms with Gasteiger partial charge in [-0.3, -0.25) is 14.6 Å². The van der Waals surface area contributed by atoms with E-state index in [0.717, 1.165) is 42.3 Å². The number of benzene rings is 1. The van der Waals surface area contributed by atoms with E-state index in [1.54, 1.807) is 0 Å². The van der Waals surface area contributed by atoms with Crippen molar-refractivity contribution in [3.8, 4) is 0 Å². The maximum absolute atomic E-state index is 12.5. The zero-order valence-electron chi connectivity index (χ0n) is 12.8.